The lowest BCUT2D eigenvalue weighted by molar-refractivity contribution is 0.132. The number of para-hydroxylation sites is 4. The van der Waals surface area contributed by atoms with Crippen LogP contribution in [0.2, 0.25) is 0 Å². The second-order valence-corrected chi connectivity index (χ2v) is 12.2. The van der Waals surface area contributed by atoms with Crippen LogP contribution in [0.4, 0.5) is 11.4 Å². The molecule has 0 spiro atoms. The number of hydrogen-bond acceptors (Lipinski definition) is 6. The van der Waals surface area contributed by atoms with Crippen LogP contribution >= 0.6 is 0 Å². The Balaban J connectivity index is 0.889. The molecule has 7 rings (SSSR count). The van der Waals surface area contributed by atoms with Crippen LogP contribution in [0.25, 0.3) is 43.6 Å². The molecule has 0 radical (unpaired) electrons. The molecule has 4 aromatic carbocycles. The number of fused-ring (bicyclic) bond motifs is 4. The van der Waals surface area contributed by atoms with Gasteiger partial charge in [0.15, 0.2) is 0 Å². The highest BCUT2D eigenvalue weighted by molar-refractivity contribution is 6.09. The van der Waals surface area contributed by atoms with Gasteiger partial charge in [0.25, 0.3) is 0 Å². The van der Waals surface area contributed by atoms with Crippen molar-refractivity contribution in [2.45, 2.75) is 26.7 Å². The molecule has 1 aliphatic rings. The predicted octanol–water partition coefficient (Wildman–Crippen LogP) is 7.63. The van der Waals surface area contributed by atoms with Gasteiger partial charge >= 0.3 is 0 Å². The SMILES string of the molecule is Cc1cccc2c(NCCCN3CCN(CCCNc4c5ccccc5nc5c(C)cccc45)CC3)c3ccccc3nc12. The second kappa shape index (κ2) is 12.8. The molecular weight excluding hydrogens is 540 g/mol. The van der Waals surface area contributed by atoms with E-state index in [0.29, 0.717) is 0 Å². The fourth-order valence-corrected chi connectivity index (χ4v) is 6.76. The van der Waals surface area contributed by atoms with Crippen LogP contribution in [0.1, 0.15) is 24.0 Å². The van der Waals surface area contributed by atoms with Crippen molar-refractivity contribution in [1.82, 2.24) is 19.8 Å². The predicted molar refractivity (Wildman–Crippen MR) is 187 cm³/mol. The Labute approximate surface area is 260 Å². The number of rotatable bonds is 10. The van der Waals surface area contributed by atoms with Crippen molar-refractivity contribution in [2.75, 3.05) is 63.0 Å². The lowest BCUT2D eigenvalue weighted by Gasteiger charge is -2.34. The van der Waals surface area contributed by atoms with Gasteiger partial charge in [0, 0.05) is 60.8 Å². The minimum Gasteiger partial charge on any atom is -0.384 e. The molecule has 1 fully saturated rings. The monoisotopic (exact) mass is 582 g/mol. The number of aryl methyl sites for hydroxylation is 2. The van der Waals surface area contributed by atoms with E-state index < -0.39 is 0 Å². The minimum absolute atomic E-state index is 0.959. The summed E-state index contributed by atoms with van der Waals surface area (Å²) in [6, 6.07) is 29.9. The smallest absolute Gasteiger partial charge is 0.0759 e. The van der Waals surface area contributed by atoms with E-state index in [1.165, 1.54) is 44.0 Å². The highest BCUT2D eigenvalue weighted by Crippen LogP contribution is 2.33. The summed E-state index contributed by atoms with van der Waals surface area (Å²) < 4.78 is 0. The zero-order valence-electron chi connectivity index (χ0n) is 25.9. The first-order chi connectivity index (χ1) is 21.7. The van der Waals surface area contributed by atoms with Crippen LogP contribution in [-0.4, -0.2) is 72.1 Å². The van der Waals surface area contributed by atoms with Crippen LogP contribution in [0, 0.1) is 13.8 Å². The molecule has 6 nitrogen and oxygen atoms in total. The van der Waals surface area contributed by atoms with Gasteiger partial charge < -0.3 is 20.4 Å². The quantitative estimate of drug-likeness (QED) is 0.128. The summed E-state index contributed by atoms with van der Waals surface area (Å²) in [6.07, 6.45) is 2.25. The van der Waals surface area contributed by atoms with Crippen LogP contribution < -0.4 is 10.6 Å². The van der Waals surface area contributed by atoms with E-state index in [9.17, 15) is 0 Å². The highest BCUT2D eigenvalue weighted by atomic mass is 15.3. The largest absolute Gasteiger partial charge is 0.384 e. The molecule has 224 valence electrons. The van der Waals surface area contributed by atoms with Gasteiger partial charge in [-0.2, -0.15) is 0 Å². The molecule has 0 saturated carbocycles. The Morgan fingerprint density at radius 3 is 1.39 bits per heavy atom. The third-order valence-electron chi connectivity index (χ3n) is 9.20. The number of nitrogens with one attached hydrogen (secondary N) is 2. The van der Waals surface area contributed by atoms with Gasteiger partial charge in [-0.25, -0.2) is 9.97 Å². The first-order valence-corrected chi connectivity index (χ1v) is 16.1. The molecule has 44 heavy (non-hydrogen) atoms. The van der Waals surface area contributed by atoms with E-state index in [1.54, 1.807) is 0 Å². The molecule has 1 saturated heterocycles. The normalized spacial score (nSPS) is 14.6. The summed E-state index contributed by atoms with van der Waals surface area (Å²) in [5.74, 6) is 0. The lowest BCUT2D eigenvalue weighted by atomic mass is 10.0. The summed E-state index contributed by atoms with van der Waals surface area (Å²) in [6.45, 7) is 13.1. The second-order valence-electron chi connectivity index (χ2n) is 12.2. The fraction of sp³-hybridized carbons (Fsp3) is 0.316. The van der Waals surface area contributed by atoms with Gasteiger partial charge in [-0.05, 0) is 63.0 Å². The maximum atomic E-state index is 4.96. The van der Waals surface area contributed by atoms with Crippen LogP contribution in [-0.2, 0) is 0 Å². The summed E-state index contributed by atoms with van der Waals surface area (Å²) in [5.41, 5.74) is 9.18. The zero-order valence-corrected chi connectivity index (χ0v) is 25.9. The number of benzene rings is 4. The van der Waals surface area contributed by atoms with Crippen molar-refractivity contribution in [3.8, 4) is 0 Å². The third kappa shape index (κ3) is 5.80. The Kier molecular flexibility index (Phi) is 8.27. The van der Waals surface area contributed by atoms with E-state index in [2.05, 4.69) is 119 Å². The summed E-state index contributed by atoms with van der Waals surface area (Å²) >= 11 is 0. The molecule has 2 N–H and O–H groups in total. The number of nitrogens with zero attached hydrogens (tertiary/aromatic N) is 4. The van der Waals surface area contributed by atoms with E-state index in [0.717, 1.165) is 87.3 Å². The van der Waals surface area contributed by atoms with Crippen LogP contribution in [0.3, 0.4) is 0 Å². The van der Waals surface area contributed by atoms with Crippen molar-refractivity contribution in [3.63, 3.8) is 0 Å². The first kappa shape index (κ1) is 28.5. The topological polar surface area (TPSA) is 56.3 Å². The maximum Gasteiger partial charge on any atom is 0.0759 e. The number of pyridine rings is 2. The molecule has 3 heterocycles. The molecule has 6 aromatic rings. The van der Waals surface area contributed by atoms with Gasteiger partial charge in [0.05, 0.1) is 33.4 Å². The average molecular weight is 583 g/mol. The average Bonchev–Trinajstić information content (AvgIpc) is 3.05. The standard InChI is InChI=1S/C38H42N6/c1-27-11-7-15-31-35(27)41-33-17-5-3-13-29(33)37(31)39-19-9-21-43-23-25-44(26-24-43)22-10-20-40-38-30-14-4-6-18-34(30)42-36-28(2)12-8-16-32(36)38/h3-8,11-18H,9-10,19-26H2,1-2H3,(H,39,41)(H,40,42). The van der Waals surface area contributed by atoms with Gasteiger partial charge in [0.2, 0.25) is 0 Å². The van der Waals surface area contributed by atoms with E-state index >= 15 is 0 Å². The third-order valence-corrected chi connectivity index (χ3v) is 9.20. The molecule has 6 heteroatoms. The molecular formula is C38H42N6. The van der Waals surface area contributed by atoms with E-state index in [4.69, 9.17) is 9.97 Å². The number of piperazine rings is 1. The summed E-state index contributed by atoms with van der Waals surface area (Å²) in [5, 5.41) is 12.4. The lowest BCUT2D eigenvalue weighted by Crippen LogP contribution is -2.47. The first-order valence-electron chi connectivity index (χ1n) is 16.1. The van der Waals surface area contributed by atoms with Crippen molar-refractivity contribution in [3.05, 3.63) is 96.1 Å². The molecule has 0 aliphatic carbocycles. The molecule has 1 aliphatic heterocycles. The summed E-state index contributed by atoms with van der Waals surface area (Å²) in [7, 11) is 0. The Morgan fingerprint density at radius 2 is 0.932 bits per heavy atom. The Bertz CT molecular complexity index is 1780. The van der Waals surface area contributed by atoms with Crippen molar-refractivity contribution >= 4 is 55.0 Å². The van der Waals surface area contributed by atoms with Gasteiger partial charge in [-0.1, -0.05) is 72.8 Å². The zero-order chi connectivity index (χ0) is 29.9. The number of aromatic nitrogens is 2. The van der Waals surface area contributed by atoms with E-state index in [1.807, 2.05) is 0 Å². The van der Waals surface area contributed by atoms with Gasteiger partial charge in [-0.15, -0.1) is 0 Å². The van der Waals surface area contributed by atoms with Gasteiger partial charge in [0.1, 0.15) is 0 Å². The molecule has 2 aromatic heterocycles. The van der Waals surface area contributed by atoms with Crippen molar-refractivity contribution in [2.24, 2.45) is 0 Å². The van der Waals surface area contributed by atoms with Gasteiger partial charge in [-0.3, -0.25) is 0 Å². The minimum atomic E-state index is 0.959. The fourth-order valence-electron chi connectivity index (χ4n) is 6.76. The highest BCUT2D eigenvalue weighted by Gasteiger charge is 2.17. The number of hydrogen-bond donors (Lipinski definition) is 2. The molecule has 0 unspecified atom stereocenters. The number of anilines is 2. The Hall–Kier alpha value is -4.26. The Morgan fingerprint density at radius 1 is 0.523 bits per heavy atom. The van der Waals surface area contributed by atoms with Crippen molar-refractivity contribution < 1.29 is 0 Å². The maximum absolute atomic E-state index is 4.96. The molecule has 0 atom stereocenters. The molecule has 0 amide bonds. The van der Waals surface area contributed by atoms with Crippen molar-refractivity contribution in [1.29, 1.82) is 0 Å². The van der Waals surface area contributed by atoms with Crippen LogP contribution in [0.15, 0.2) is 84.9 Å². The van der Waals surface area contributed by atoms with Crippen LogP contribution in [0.5, 0.6) is 0 Å². The summed E-state index contributed by atoms with van der Waals surface area (Å²) in [4.78, 5) is 15.2. The van der Waals surface area contributed by atoms with E-state index in [-0.39, 0.29) is 0 Å². The molecule has 0 bridgehead atoms.